The van der Waals surface area contributed by atoms with E-state index in [1.54, 1.807) is 24.3 Å². The van der Waals surface area contributed by atoms with Crippen molar-refractivity contribution in [3.05, 3.63) is 90.0 Å². The van der Waals surface area contributed by atoms with Crippen LogP contribution in [0.4, 0.5) is 5.69 Å². The summed E-state index contributed by atoms with van der Waals surface area (Å²) >= 11 is 0. The number of rotatable bonds is 8. The van der Waals surface area contributed by atoms with E-state index >= 15 is 0 Å². The zero-order chi connectivity index (χ0) is 21.9. The predicted molar refractivity (Wildman–Crippen MR) is 120 cm³/mol. The minimum atomic E-state index is -3.81. The predicted octanol–water partition coefficient (Wildman–Crippen LogP) is 3.96. The van der Waals surface area contributed by atoms with Gasteiger partial charge in [0.05, 0.1) is 17.7 Å². The summed E-state index contributed by atoms with van der Waals surface area (Å²) in [6.07, 6.45) is 2.09. The maximum absolute atomic E-state index is 12.7. The highest BCUT2D eigenvalue weighted by atomic mass is 32.2. The van der Waals surface area contributed by atoms with Crippen LogP contribution in [0.5, 0.6) is 5.75 Å². The first-order valence-corrected chi connectivity index (χ1v) is 11.5. The molecule has 1 aliphatic rings. The molecule has 1 aliphatic carbocycles. The van der Waals surface area contributed by atoms with E-state index in [1.165, 1.54) is 36.9 Å². The van der Waals surface area contributed by atoms with E-state index in [2.05, 4.69) is 22.2 Å². The van der Waals surface area contributed by atoms with Gasteiger partial charge in [-0.15, -0.1) is 0 Å². The molecule has 0 unspecified atom stereocenters. The van der Waals surface area contributed by atoms with Crippen LogP contribution in [0.15, 0.2) is 83.8 Å². The molecular formula is C24H24N2O4S. The molecule has 4 rings (SSSR count). The number of hydrogen-bond donors (Lipinski definition) is 2. The fraction of sp³-hybridized carbons (Fsp3) is 0.208. The molecule has 0 aromatic heterocycles. The molecule has 0 aliphatic heterocycles. The van der Waals surface area contributed by atoms with Crippen molar-refractivity contribution in [2.45, 2.75) is 23.2 Å². The van der Waals surface area contributed by atoms with Crippen molar-refractivity contribution < 1.29 is 17.9 Å². The van der Waals surface area contributed by atoms with Gasteiger partial charge in [0.25, 0.3) is 15.9 Å². The molecule has 7 heteroatoms. The van der Waals surface area contributed by atoms with Gasteiger partial charge in [-0.1, -0.05) is 42.5 Å². The summed E-state index contributed by atoms with van der Waals surface area (Å²) in [5.41, 5.74) is 2.01. The lowest BCUT2D eigenvalue weighted by molar-refractivity contribution is 0.0949. The molecule has 6 nitrogen and oxygen atoms in total. The third-order valence-corrected chi connectivity index (χ3v) is 6.99. The molecule has 0 radical (unpaired) electrons. The highest BCUT2D eigenvalue weighted by molar-refractivity contribution is 7.92. The highest BCUT2D eigenvalue weighted by Gasteiger charge is 2.44. The summed E-state index contributed by atoms with van der Waals surface area (Å²) in [4.78, 5) is 12.7. The molecule has 3 aromatic rings. The van der Waals surface area contributed by atoms with Crippen molar-refractivity contribution in [2.75, 3.05) is 18.4 Å². The second-order valence-electron chi connectivity index (χ2n) is 7.66. The number of hydrogen-bond acceptors (Lipinski definition) is 4. The normalized spacial score (nSPS) is 14.5. The SMILES string of the molecule is COc1ccccc1NS(=O)(=O)c1ccc(C(=O)NCC2(c3ccccc3)CC2)cc1. The van der Waals surface area contributed by atoms with Gasteiger partial charge in [0.15, 0.2) is 0 Å². The van der Waals surface area contributed by atoms with Gasteiger partial charge in [0.2, 0.25) is 0 Å². The quantitative estimate of drug-likeness (QED) is 0.560. The molecule has 2 N–H and O–H groups in total. The highest BCUT2D eigenvalue weighted by Crippen LogP contribution is 2.47. The fourth-order valence-corrected chi connectivity index (χ4v) is 4.65. The van der Waals surface area contributed by atoms with Crippen molar-refractivity contribution in [3.63, 3.8) is 0 Å². The van der Waals surface area contributed by atoms with Gasteiger partial charge in [-0.3, -0.25) is 9.52 Å². The largest absolute Gasteiger partial charge is 0.495 e. The van der Waals surface area contributed by atoms with E-state index in [1.807, 2.05) is 18.2 Å². The van der Waals surface area contributed by atoms with Crippen LogP contribution in [0.25, 0.3) is 0 Å². The lowest BCUT2D eigenvalue weighted by Gasteiger charge is -2.16. The van der Waals surface area contributed by atoms with Crippen LogP contribution in [-0.2, 0) is 15.4 Å². The lowest BCUT2D eigenvalue weighted by Crippen LogP contribution is -2.32. The average molecular weight is 437 g/mol. The third-order valence-electron chi connectivity index (χ3n) is 5.61. The number of nitrogens with one attached hydrogen (secondary N) is 2. The summed E-state index contributed by atoms with van der Waals surface area (Å²) in [6.45, 7) is 0.561. The molecule has 0 heterocycles. The monoisotopic (exact) mass is 436 g/mol. The third kappa shape index (κ3) is 4.56. The van der Waals surface area contributed by atoms with E-state index in [4.69, 9.17) is 4.74 Å². The number of para-hydroxylation sites is 2. The molecule has 0 atom stereocenters. The molecule has 31 heavy (non-hydrogen) atoms. The average Bonchev–Trinajstić information content (AvgIpc) is 3.59. The number of methoxy groups -OCH3 is 1. The molecule has 1 saturated carbocycles. The van der Waals surface area contributed by atoms with E-state index in [0.717, 1.165) is 12.8 Å². The number of carbonyl (C=O) groups excluding carboxylic acids is 1. The van der Waals surface area contributed by atoms with Crippen molar-refractivity contribution in [3.8, 4) is 5.75 Å². The fourth-order valence-electron chi connectivity index (χ4n) is 3.58. The summed E-state index contributed by atoms with van der Waals surface area (Å²) < 4.78 is 33.1. The number of carbonyl (C=O) groups is 1. The van der Waals surface area contributed by atoms with Gasteiger partial charge < -0.3 is 10.1 Å². The Morgan fingerprint density at radius 1 is 0.935 bits per heavy atom. The number of benzene rings is 3. The number of ether oxygens (including phenoxy) is 1. The van der Waals surface area contributed by atoms with Crippen LogP contribution in [0.2, 0.25) is 0 Å². The van der Waals surface area contributed by atoms with Crippen LogP contribution in [0.3, 0.4) is 0 Å². The Morgan fingerprint density at radius 3 is 2.23 bits per heavy atom. The Kier molecular flexibility index (Phi) is 5.69. The van der Waals surface area contributed by atoms with Crippen molar-refractivity contribution in [1.29, 1.82) is 0 Å². The van der Waals surface area contributed by atoms with Crippen LogP contribution in [0.1, 0.15) is 28.8 Å². The smallest absolute Gasteiger partial charge is 0.262 e. The van der Waals surface area contributed by atoms with E-state index in [-0.39, 0.29) is 16.2 Å². The molecule has 1 amide bonds. The maximum Gasteiger partial charge on any atom is 0.262 e. The molecule has 0 saturated heterocycles. The van der Waals surface area contributed by atoms with Gasteiger partial charge >= 0.3 is 0 Å². The molecule has 3 aromatic carbocycles. The van der Waals surface area contributed by atoms with Crippen molar-refractivity contribution >= 4 is 21.6 Å². The first kappa shape index (κ1) is 20.9. The van der Waals surface area contributed by atoms with Crippen LogP contribution in [-0.4, -0.2) is 28.0 Å². The van der Waals surface area contributed by atoms with E-state index in [9.17, 15) is 13.2 Å². The Labute approximate surface area is 182 Å². The van der Waals surface area contributed by atoms with Gasteiger partial charge in [0.1, 0.15) is 5.75 Å². The van der Waals surface area contributed by atoms with Crippen molar-refractivity contribution in [2.24, 2.45) is 0 Å². The van der Waals surface area contributed by atoms with Gasteiger partial charge in [-0.05, 0) is 54.8 Å². The Bertz CT molecular complexity index is 1170. The molecule has 160 valence electrons. The van der Waals surface area contributed by atoms with Gasteiger partial charge in [0, 0.05) is 17.5 Å². The zero-order valence-corrected chi connectivity index (χ0v) is 18.0. The van der Waals surface area contributed by atoms with Crippen LogP contribution in [0, 0.1) is 0 Å². The first-order chi connectivity index (χ1) is 14.9. The molecular weight excluding hydrogens is 412 g/mol. The summed E-state index contributed by atoms with van der Waals surface area (Å²) in [5, 5.41) is 2.99. The number of amides is 1. The van der Waals surface area contributed by atoms with Crippen LogP contribution < -0.4 is 14.8 Å². The maximum atomic E-state index is 12.7. The van der Waals surface area contributed by atoms with Crippen molar-refractivity contribution in [1.82, 2.24) is 5.32 Å². The second kappa shape index (κ2) is 8.43. The standard InChI is InChI=1S/C24H24N2O4S/c1-30-22-10-6-5-9-21(22)26-31(28,29)20-13-11-18(12-14-20)23(27)25-17-24(15-16-24)19-7-3-2-4-8-19/h2-14,26H,15-17H2,1H3,(H,25,27). The van der Waals surface area contributed by atoms with Gasteiger partial charge in [-0.2, -0.15) is 0 Å². The second-order valence-corrected chi connectivity index (χ2v) is 9.34. The van der Waals surface area contributed by atoms with Gasteiger partial charge in [-0.25, -0.2) is 8.42 Å². The summed E-state index contributed by atoms with van der Waals surface area (Å²) in [7, 11) is -2.34. The zero-order valence-electron chi connectivity index (χ0n) is 17.2. The Morgan fingerprint density at radius 2 is 1.58 bits per heavy atom. The number of sulfonamides is 1. The Balaban J connectivity index is 1.42. The minimum Gasteiger partial charge on any atom is -0.495 e. The lowest BCUT2D eigenvalue weighted by atomic mass is 9.96. The Hall–Kier alpha value is -3.32. The summed E-state index contributed by atoms with van der Waals surface area (Å²) in [5.74, 6) is 0.207. The first-order valence-electron chi connectivity index (χ1n) is 10.0. The molecule has 0 bridgehead atoms. The van der Waals surface area contributed by atoms with E-state index in [0.29, 0.717) is 23.5 Å². The minimum absolute atomic E-state index is 0.0128. The topological polar surface area (TPSA) is 84.5 Å². The van der Waals surface area contributed by atoms with Crippen LogP contribution >= 0.6 is 0 Å². The van der Waals surface area contributed by atoms with E-state index < -0.39 is 10.0 Å². The summed E-state index contributed by atoms with van der Waals surface area (Å²) in [6, 6.07) is 22.9. The number of anilines is 1. The molecule has 1 fully saturated rings. The molecule has 0 spiro atoms.